The Balaban J connectivity index is 2.27. The molecular formula is C16H16ClN3O3. The smallest absolute Gasteiger partial charge is 0.291 e. The highest BCUT2D eigenvalue weighted by molar-refractivity contribution is 6.31. The number of benzene rings is 1. The Morgan fingerprint density at radius 1 is 1.26 bits per heavy atom. The molecule has 7 heteroatoms. The van der Waals surface area contributed by atoms with Crippen molar-refractivity contribution in [2.24, 2.45) is 0 Å². The number of ether oxygens (including phenoxy) is 2. The van der Waals surface area contributed by atoms with E-state index < -0.39 is 0 Å². The van der Waals surface area contributed by atoms with Gasteiger partial charge in [-0.05, 0) is 24.6 Å². The Kier molecular flexibility index (Phi) is 4.11. The van der Waals surface area contributed by atoms with E-state index in [1.165, 1.54) is 11.6 Å². The normalized spacial score (nSPS) is 11.1. The first kappa shape index (κ1) is 15.6. The number of aryl methyl sites for hydroxylation is 1. The molecule has 0 bridgehead atoms. The van der Waals surface area contributed by atoms with Crippen LogP contribution in [-0.4, -0.2) is 28.8 Å². The van der Waals surface area contributed by atoms with Crippen molar-refractivity contribution in [1.29, 1.82) is 0 Å². The summed E-state index contributed by atoms with van der Waals surface area (Å²) in [5, 5.41) is 3.08. The highest BCUT2D eigenvalue weighted by Gasteiger charge is 2.18. The SMILES string of the molecule is COCc1nc2c(-c3ccc(OC)cc3)c(C)[nH]n2c(=O)c1Cl. The number of aromatic nitrogens is 3. The summed E-state index contributed by atoms with van der Waals surface area (Å²) in [6.45, 7) is 2.06. The fourth-order valence-corrected chi connectivity index (χ4v) is 2.72. The molecule has 0 saturated carbocycles. The molecule has 0 aliphatic carbocycles. The number of aromatic amines is 1. The number of halogens is 1. The van der Waals surface area contributed by atoms with Crippen LogP contribution in [0, 0.1) is 6.92 Å². The predicted octanol–water partition coefficient (Wildman–Crippen LogP) is 2.81. The lowest BCUT2D eigenvalue weighted by Gasteiger charge is -2.05. The summed E-state index contributed by atoms with van der Waals surface area (Å²) in [5.74, 6) is 0.763. The fourth-order valence-electron chi connectivity index (χ4n) is 2.54. The van der Waals surface area contributed by atoms with E-state index in [9.17, 15) is 4.79 Å². The minimum atomic E-state index is -0.341. The van der Waals surface area contributed by atoms with Gasteiger partial charge in [0, 0.05) is 18.4 Å². The molecule has 1 N–H and O–H groups in total. The van der Waals surface area contributed by atoms with Gasteiger partial charge >= 0.3 is 0 Å². The van der Waals surface area contributed by atoms with Crippen LogP contribution in [-0.2, 0) is 11.3 Å². The average molecular weight is 334 g/mol. The summed E-state index contributed by atoms with van der Waals surface area (Å²) in [7, 11) is 3.15. The number of nitrogens with one attached hydrogen (secondary N) is 1. The van der Waals surface area contributed by atoms with E-state index in [1.54, 1.807) is 7.11 Å². The number of nitrogens with zero attached hydrogens (tertiary/aromatic N) is 2. The molecule has 0 amide bonds. The van der Waals surface area contributed by atoms with Crippen LogP contribution in [0.25, 0.3) is 16.8 Å². The minimum Gasteiger partial charge on any atom is -0.497 e. The van der Waals surface area contributed by atoms with E-state index in [4.69, 9.17) is 21.1 Å². The Morgan fingerprint density at radius 3 is 2.57 bits per heavy atom. The van der Waals surface area contributed by atoms with Crippen LogP contribution >= 0.6 is 11.6 Å². The topological polar surface area (TPSA) is 68.6 Å². The molecule has 2 heterocycles. The Bertz CT molecular complexity index is 913. The number of H-pyrrole nitrogens is 1. The lowest BCUT2D eigenvalue weighted by molar-refractivity contribution is 0.181. The van der Waals surface area contributed by atoms with Crippen molar-refractivity contribution in [3.63, 3.8) is 0 Å². The lowest BCUT2D eigenvalue weighted by Crippen LogP contribution is -2.18. The van der Waals surface area contributed by atoms with E-state index >= 15 is 0 Å². The van der Waals surface area contributed by atoms with Gasteiger partial charge in [0.15, 0.2) is 5.65 Å². The van der Waals surface area contributed by atoms with E-state index in [-0.39, 0.29) is 17.2 Å². The van der Waals surface area contributed by atoms with E-state index in [1.807, 2.05) is 31.2 Å². The van der Waals surface area contributed by atoms with Crippen LogP contribution in [0.15, 0.2) is 29.1 Å². The molecule has 6 nitrogen and oxygen atoms in total. The maximum Gasteiger partial charge on any atom is 0.291 e. The van der Waals surface area contributed by atoms with Gasteiger partial charge in [-0.2, -0.15) is 4.52 Å². The van der Waals surface area contributed by atoms with Crippen molar-refractivity contribution < 1.29 is 9.47 Å². The van der Waals surface area contributed by atoms with Gasteiger partial charge in [-0.1, -0.05) is 23.7 Å². The molecule has 0 aliphatic rings. The third kappa shape index (κ3) is 2.60. The van der Waals surface area contributed by atoms with Gasteiger partial charge in [0.05, 0.1) is 19.4 Å². The molecule has 3 aromatic rings. The summed E-state index contributed by atoms with van der Waals surface area (Å²) < 4.78 is 11.6. The van der Waals surface area contributed by atoms with Crippen molar-refractivity contribution in [1.82, 2.24) is 14.6 Å². The standard InChI is InChI=1S/C16H16ClN3O3/c1-9-13(10-4-6-11(23-3)7-5-10)15-18-12(8-22-2)14(17)16(21)20(15)19-9/h4-7,19H,8H2,1-3H3. The molecular weight excluding hydrogens is 318 g/mol. The first-order valence-corrected chi connectivity index (χ1v) is 7.37. The Morgan fingerprint density at radius 2 is 1.96 bits per heavy atom. The third-order valence-corrected chi connectivity index (χ3v) is 4.01. The second-order valence-corrected chi connectivity index (χ2v) is 5.49. The van der Waals surface area contributed by atoms with Gasteiger partial charge in [-0.25, -0.2) is 4.98 Å². The van der Waals surface area contributed by atoms with Gasteiger partial charge in [0.2, 0.25) is 0 Å². The number of hydrogen-bond acceptors (Lipinski definition) is 4. The maximum absolute atomic E-state index is 12.4. The molecule has 0 spiro atoms. The molecule has 0 unspecified atom stereocenters. The highest BCUT2D eigenvalue weighted by Crippen LogP contribution is 2.29. The zero-order valence-electron chi connectivity index (χ0n) is 13.0. The fraction of sp³-hybridized carbons (Fsp3) is 0.250. The largest absolute Gasteiger partial charge is 0.497 e. The van der Waals surface area contributed by atoms with Gasteiger partial charge in [0.25, 0.3) is 5.56 Å². The van der Waals surface area contributed by atoms with Crippen molar-refractivity contribution in [2.45, 2.75) is 13.5 Å². The van der Waals surface area contributed by atoms with Gasteiger partial charge in [-0.15, -0.1) is 0 Å². The van der Waals surface area contributed by atoms with Crippen LogP contribution < -0.4 is 10.3 Å². The predicted molar refractivity (Wildman–Crippen MR) is 88.3 cm³/mol. The van der Waals surface area contributed by atoms with E-state index in [0.717, 1.165) is 22.6 Å². The molecule has 0 fully saturated rings. The highest BCUT2D eigenvalue weighted by atomic mass is 35.5. The van der Waals surface area contributed by atoms with Gasteiger partial charge < -0.3 is 9.47 Å². The van der Waals surface area contributed by atoms with Gasteiger partial charge in [0.1, 0.15) is 10.8 Å². The van der Waals surface area contributed by atoms with E-state index in [0.29, 0.717) is 11.3 Å². The quantitative estimate of drug-likeness (QED) is 0.797. The van der Waals surface area contributed by atoms with Crippen LogP contribution in [0.5, 0.6) is 5.75 Å². The van der Waals surface area contributed by atoms with Crippen molar-refractivity contribution in [2.75, 3.05) is 14.2 Å². The van der Waals surface area contributed by atoms with Gasteiger partial charge in [-0.3, -0.25) is 9.89 Å². The summed E-state index contributed by atoms with van der Waals surface area (Å²) >= 11 is 6.09. The molecule has 0 saturated heterocycles. The zero-order valence-corrected chi connectivity index (χ0v) is 13.8. The molecule has 0 atom stereocenters. The number of rotatable bonds is 4. The molecule has 23 heavy (non-hydrogen) atoms. The van der Waals surface area contributed by atoms with E-state index in [2.05, 4.69) is 10.1 Å². The van der Waals surface area contributed by atoms with Crippen molar-refractivity contribution >= 4 is 17.2 Å². The Labute approximate surface area is 137 Å². The maximum atomic E-state index is 12.4. The monoisotopic (exact) mass is 333 g/mol. The number of methoxy groups -OCH3 is 2. The van der Waals surface area contributed by atoms with Crippen LogP contribution in [0.4, 0.5) is 0 Å². The van der Waals surface area contributed by atoms with Crippen molar-refractivity contribution in [3.05, 3.63) is 51.0 Å². The summed E-state index contributed by atoms with van der Waals surface area (Å²) in [6, 6.07) is 7.57. The zero-order chi connectivity index (χ0) is 16.6. The molecule has 2 aromatic heterocycles. The third-order valence-electron chi connectivity index (χ3n) is 3.63. The second kappa shape index (κ2) is 6.06. The Hall–Kier alpha value is -2.31. The molecule has 0 aliphatic heterocycles. The lowest BCUT2D eigenvalue weighted by atomic mass is 10.1. The summed E-state index contributed by atoms with van der Waals surface area (Å²) in [5.41, 5.74) is 3.21. The minimum absolute atomic E-state index is 0.0619. The average Bonchev–Trinajstić information content (AvgIpc) is 2.89. The van der Waals surface area contributed by atoms with Crippen LogP contribution in [0.3, 0.4) is 0 Å². The summed E-state index contributed by atoms with van der Waals surface area (Å²) in [4.78, 5) is 16.9. The molecule has 3 rings (SSSR count). The number of fused-ring (bicyclic) bond motifs is 1. The van der Waals surface area contributed by atoms with Crippen LogP contribution in [0.2, 0.25) is 5.02 Å². The van der Waals surface area contributed by atoms with Crippen LogP contribution in [0.1, 0.15) is 11.4 Å². The molecule has 0 radical (unpaired) electrons. The molecule has 1 aromatic carbocycles. The number of hydrogen-bond donors (Lipinski definition) is 1. The van der Waals surface area contributed by atoms with Crippen molar-refractivity contribution in [3.8, 4) is 16.9 Å². The first-order valence-electron chi connectivity index (χ1n) is 7.00. The molecule has 120 valence electrons. The second-order valence-electron chi connectivity index (χ2n) is 5.11. The summed E-state index contributed by atoms with van der Waals surface area (Å²) in [6.07, 6.45) is 0. The first-order chi connectivity index (χ1) is 11.1.